The minimum absolute atomic E-state index is 0.00591. The summed E-state index contributed by atoms with van der Waals surface area (Å²) in [5.41, 5.74) is 0.413. The van der Waals surface area contributed by atoms with E-state index in [4.69, 9.17) is 21.4 Å². The molecule has 0 spiro atoms. The smallest absolute Gasteiger partial charge is 0.412 e. The van der Waals surface area contributed by atoms with Crippen molar-refractivity contribution in [1.29, 1.82) is 0 Å². The third kappa shape index (κ3) is 9.24. The average molecular weight is 575 g/mol. The molecule has 5 amide bonds. The molecule has 214 valence electrons. The van der Waals surface area contributed by atoms with Gasteiger partial charge in [-0.05, 0) is 35.9 Å². The molecule has 1 heterocycles. The van der Waals surface area contributed by atoms with Crippen molar-refractivity contribution in [1.82, 2.24) is 25.8 Å². The van der Waals surface area contributed by atoms with Gasteiger partial charge in [0.1, 0.15) is 18.2 Å². The molecule has 0 saturated heterocycles. The summed E-state index contributed by atoms with van der Waals surface area (Å²) in [7, 11) is 1.54. The molecule has 2 aromatic carbocycles. The maximum atomic E-state index is 13.7. The number of anilines is 1. The number of benzene rings is 2. The van der Waals surface area contributed by atoms with Crippen molar-refractivity contribution >= 4 is 46.3 Å². The summed E-state index contributed by atoms with van der Waals surface area (Å²) < 4.78 is 19.1. The zero-order chi connectivity index (χ0) is 28.9. The van der Waals surface area contributed by atoms with Crippen LogP contribution in [-0.4, -0.2) is 72.5 Å². The maximum Gasteiger partial charge on any atom is 0.412 e. The Bertz CT molecular complexity index is 1310. The number of nitrogens with zero attached hydrogens (tertiary/aromatic N) is 2. The summed E-state index contributed by atoms with van der Waals surface area (Å²) in [6.45, 7) is 0.0935. The fourth-order valence-corrected chi connectivity index (χ4v) is 3.96. The van der Waals surface area contributed by atoms with Crippen LogP contribution < -0.4 is 21.3 Å². The number of carbonyl (C=O) groups excluding carboxylic acids is 3. The van der Waals surface area contributed by atoms with E-state index < -0.39 is 30.0 Å². The van der Waals surface area contributed by atoms with Crippen LogP contribution in [-0.2, 0) is 11.3 Å². The van der Waals surface area contributed by atoms with Crippen molar-refractivity contribution in [3.8, 4) is 0 Å². The Hall–Kier alpha value is -4.16. The van der Waals surface area contributed by atoms with Crippen LogP contribution in [0.1, 0.15) is 18.4 Å². The number of pyridine rings is 1. The lowest BCUT2D eigenvalue weighted by Gasteiger charge is -2.28. The number of rotatable bonds is 12. The lowest BCUT2D eigenvalue weighted by molar-refractivity contribution is 0.113. The van der Waals surface area contributed by atoms with Crippen molar-refractivity contribution in [2.75, 3.05) is 38.7 Å². The largest absolute Gasteiger partial charge is 0.447 e. The first-order chi connectivity index (χ1) is 19.3. The molecule has 0 fully saturated rings. The Morgan fingerprint density at radius 3 is 2.60 bits per heavy atom. The maximum absolute atomic E-state index is 13.7. The van der Waals surface area contributed by atoms with Gasteiger partial charge in [0.05, 0.1) is 17.7 Å². The first-order valence-electron chi connectivity index (χ1n) is 12.6. The van der Waals surface area contributed by atoms with Crippen LogP contribution in [0.25, 0.3) is 10.8 Å². The number of aliphatic hydroxyl groups excluding tert-OH is 1. The Morgan fingerprint density at radius 2 is 1.82 bits per heavy atom. The van der Waals surface area contributed by atoms with E-state index in [1.807, 2.05) is 24.3 Å². The number of hydrogen-bond acceptors (Lipinski definition) is 6. The van der Waals surface area contributed by atoms with Gasteiger partial charge in [-0.25, -0.2) is 23.8 Å². The van der Waals surface area contributed by atoms with Gasteiger partial charge in [0.2, 0.25) is 0 Å². The SMILES string of the molecule is CN(C(=O)NCc1cccc(F)c1Cl)[C@@H](CCCNC(=O)NCCO)COC(=O)Nc1cc2ccccc2cn1. The molecular weight excluding hydrogens is 543 g/mol. The first kappa shape index (κ1) is 30.4. The number of aliphatic hydroxyl groups is 1. The quantitative estimate of drug-likeness (QED) is 0.208. The minimum atomic E-state index is -0.741. The van der Waals surface area contributed by atoms with Crippen LogP contribution in [0.2, 0.25) is 5.02 Å². The molecule has 1 aromatic heterocycles. The number of nitrogens with one attached hydrogen (secondary N) is 4. The highest BCUT2D eigenvalue weighted by molar-refractivity contribution is 6.31. The standard InChI is InChI=1S/C27H32ClFN6O5/c1-35(26(38)33-16-20-8-4-10-22(29)24(20)28)21(9-5-11-30-25(37)31-12-13-36)17-40-27(39)34-23-14-18-6-2-3-7-19(18)15-32-23/h2-4,6-8,10,14-15,21,36H,5,9,11-13,16-17H2,1H3,(H,33,38)(H2,30,31,37)(H,32,34,39)/t21-/m0/s1. The highest BCUT2D eigenvalue weighted by Gasteiger charge is 2.22. The van der Waals surface area contributed by atoms with Gasteiger partial charge in [0.15, 0.2) is 0 Å². The van der Waals surface area contributed by atoms with E-state index in [9.17, 15) is 18.8 Å². The Labute approximate surface area is 236 Å². The number of fused-ring (bicyclic) bond motifs is 1. The van der Waals surface area contributed by atoms with Crippen molar-refractivity contribution in [2.24, 2.45) is 0 Å². The molecule has 0 aliphatic carbocycles. The summed E-state index contributed by atoms with van der Waals surface area (Å²) in [6, 6.07) is 12.1. The highest BCUT2D eigenvalue weighted by atomic mass is 35.5. The molecule has 5 N–H and O–H groups in total. The molecular formula is C27H32ClFN6O5. The fourth-order valence-electron chi connectivity index (χ4n) is 3.77. The summed E-state index contributed by atoms with van der Waals surface area (Å²) in [6.07, 6.45) is 1.74. The van der Waals surface area contributed by atoms with Gasteiger partial charge < -0.3 is 30.7 Å². The van der Waals surface area contributed by atoms with Gasteiger partial charge in [0.25, 0.3) is 0 Å². The van der Waals surface area contributed by atoms with E-state index in [1.165, 1.54) is 17.0 Å². The van der Waals surface area contributed by atoms with E-state index in [1.54, 1.807) is 25.4 Å². The predicted octanol–water partition coefficient (Wildman–Crippen LogP) is 3.86. The van der Waals surface area contributed by atoms with E-state index >= 15 is 0 Å². The number of urea groups is 2. The molecule has 0 saturated carbocycles. The molecule has 0 aliphatic heterocycles. The molecule has 3 rings (SSSR count). The predicted molar refractivity (Wildman–Crippen MR) is 150 cm³/mol. The molecule has 11 nitrogen and oxygen atoms in total. The molecule has 1 atom stereocenters. The lowest BCUT2D eigenvalue weighted by atomic mass is 10.1. The van der Waals surface area contributed by atoms with E-state index in [2.05, 4.69) is 26.3 Å². The highest BCUT2D eigenvalue weighted by Crippen LogP contribution is 2.20. The molecule has 0 radical (unpaired) electrons. The van der Waals surface area contributed by atoms with Crippen LogP contribution >= 0.6 is 11.6 Å². The third-order valence-electron chi connectivity index (χ3n) is 5.99. The summed E-state index contributed by atoms with van der Waals surface area (Å²) in [5.74, 6) is -0.271. The molecule has 0 unspecified atom stereocenters. The normalized spacial score (nSPS) is 11.4. The first-order valence-corrected chi connectivity index (χ1v) is 13.0. The lowest BCUT2D eigenvalue weighted by Crippen LogP contribution is -2.46. The van der Waals surface area contributed by atoms with Crippen molar-refractivity contribution < 1.29 is 28.6 Å². The Morgan fingerprint density at radius 1 is 1.07 bits per heavy atom. The number of amides is 5. The van der Waals surface area contributed by atoms with Gasteiger partial charge in [0, 0.05) is 38.3 Å². The van der Waals surface area contributed by atoms with Crippen molar-refractivity contribution in [3.63, 3.8) is 0 Å². The fraction of sp³-hybridized carbons (Fsp3) is 0.333. The van der Waals surface area contributed by atoms with Crippen LogP contribution in [0.4, 0.5) is 24.6 Å². The Balaban J connectivity index is 1.58. The summed E-state index contributed by atoms with van der Waals surface area (Å²) in [4.78, 5) is 42.7. The zero-order valence-electron chi connectivity index (χ0n) is 22.0. The van der Waals surface area contributed by atoms with Crippen LogP contribution in [0.5, 0.6) is 0 Å². The van der Waals surface area contributed by atoms with Gasteiger partial charge in [-0.1, -0.05) is 48.0 Å². The van der Waals surface area contributed by atoms with Crippen molar-refractivity contribution in [3.05, 3.63) is 71.1 Å². The van der Waals surface area contributed by atoms with E-state index in [0.717, 1.165) is 10.8 Å². The second kappa shape index (κ2) is 15.4. The van der Waals surface area contributed by atoms with Crippen LogP contribution in [0.15, 0.2) is 54.7 Å². The van der Waals surface area contributed by atoms with Gasteiger partial charge in [-0.2, -0.15) is 0 Å². The zero-order valence-corrected chi connectivity index (χ0v) is 22.7. The number of likely N-dealkylation sites (N-methyl/N-ethyl adjacent to an activating group) is 1. The number of hydrogen-bond donors (Lipinski definition) is 5. The van der Waals surface area contributed by atoms with E-state index in [0.29, 0.717) is 24.2 Å². The molecule has 40 heavy (non-hydrogen) atoms. The molecule has 3 aromatic rings. The second-order valence-corrected chi connectivity index (χ2v) is 9.20. The molecule has 13 heteroatoms. The number of ether oxygens (including phenoxy) is 1. The molecule has 0 aliphatic rings. The van der Waals surface area contributed by atoms with E-state index in [-0.39, 0.29) is 37.9 Å². The minimum Gasteiger partial charge on any atom is -0.447 e. The average Bonchev–Trinajstić information content (AvgIpc) is 2.95. The van der Waals surface area contributed by atoms with Crippen molar-refractivity contribution in [2.45, 2.75) is 25.4 Å². The van der Waals surface area contributed by atoms with Crippen LogP contribution in [0.3, 0.4) is 0 Å². The van der Waals surface area contributed by atoms with Crippen LogP contribution in [0, 0.1) is 5.82 Å². The molecule has 0 bridgehead atoms. The summed E-state index contributed by atoms with van der Waals surface area (Å²) in [5, 5.41) is 21.0. The number of halogens is 2. The number of aromatic nitrogens is 1. The van der Waals surface area contributed by atoms with Gasteiger partial charge in [-0.15, -0.1) is 0 Å². The summed E-state index contributed by atoms with van der Waals surface area (Å²) >= 11 is 5.98. The monoisotopic (exact) mass is 574 g/mol. The topological polar surface area (TPSA) is 145 Å². The third-order valence-corrected chi connectivity index (χ3v) is 6.42. The number of carbonyl (C=O) groups is 3. The van der Waals surface area contributed by atoms with Gasteiger partial charge in [-0.3, -0.25) is 5.32 Å². The Kier molecular flexibility index (Phi) is 11.7. The van der Waals surface area contributed by atoms with Gasteiger partial charge >= 0.3 is 18.2 Å². The second-order valence-electron chi connectivity index (χ2n) is 8.83.